The SMILES string of the molecule is CN(Cc1ccc(F)cc1)C(=O)COC(=O)c1ccc(I)cc1. The van der Waals surface area contributed by atoms with Gasteiger partial charge in [0, 0.05) is 17.2 Å². The summed E-state index contributed by atoms with van der Waals surface area (Å²) >= 11 is 2.14. The minimum atomic E-state index is -0.537. The van der Waals surface area contributed by atoms with E-state index in [0.29, 0.717) is 12.1 Å². The maximum absolute atomic E-state index is 12.8. The number of hydrogen-bond acceptors (Lipinski definition) is 3. The van der Waals surface area contributed by atoms with Crippen LogP contribution in [0, 0.1) is 9.39 Å². The Kier molecular flexibility index (Phi) is 6.09. The number of amides is 1. The molecule has 0 aliphatic heterocycles. The first-order valence-electron chi connectivity index (χ1n) is 6.87. The van der Waals surface area contributed by atoms with Crippen molar-refractivity contribution in [3.8, 4) is 0 Å². The van der Waals surface area contributed by atoms with E-state index in [2.05, 4.69) is 22.6 Å². The molecular weight excluding hydrogens is 412 g/mol. The molecule has 2 rings (SSSR count). The van der Waals surface area contributed by atoms with Gasteiger partial charge in [-0.05, 0) is 64.6 Å². The van der Waals surface area contributed by atoms with Crippen LogP contribution in [0.1, 0.15) is 15.9 Å². The second-order valence-electron chi connectivity index (χ2n) is 4.96. The number of halogens is 2. The highest BCUT2D eigenvalue weighted by Crippen LogP contribution is 2.09. The molecule has 0 N–H and O–H groups in total. The Bertz CT molecular complexity index is 686. The van der Waals surface area contributed by atoms with Crippen LogP contribution in [0.15, 0.2) is 48.5 Å². The lowest BCUT2D eigenvalue weighted by molar-refractivity contribution is -0.133. The Balaban J connectivity index is 1.84. The minimum absolute atomic E-state index is 0.320. The summed E-state index contributed by atoms with van der Waals surface area (Å²) in [4.78, 5) is 25.2. The lowest BCUT2D eigenvalue weighted by Gasteiger charge is -2.17. The van der Waals surface area contributed by atoms with E-state index in [4.69, 9.17) is 4.74 Å². The van der Waals surface area contributed by atoms with Gasteiger partial charge in [0.25, 0.3) is 5.91 Å². The fraction of sp³-hybridized carbons (Fsp3) is 0.176. The van der Waals surface area contributed by atoms with E-state index in [-0.39, 0.29) is 18.3 Å². The van der Waals surface area contributed by atoms with Crippen molar-refractivity contribution in [1.29, 1.82) is 0 Å². The highest BCUT2D eigenvalue weighted by atomic mass is 127. The Morgan fingerprint density at radius 2 is 1.70 bits per heavy atom. The molecule has 0 spiro atoms. The standard InChI is InChI=1S/C17H15FINO3/c1-20(10-12-2-6-14(18)7-3-12)16(21)11-23-17(22)13-4-8-15(19)9-5-13/h2-9H,10-11H2,1H3. The van der Waals surface area contributed by atoms with E-state index in [1.54, 1.807) is 43.4 Å². The maximum atomic E-state index is 12.8. The first kappa shape index (κ1) is 17.4. The average Bonchev–Trinajstić information content (AvgIpc) is 2.55. The topological polar surface area (TPSA) is 46.6 Å². The summed E-state index contributed by atoms with van der Waals surface area (Å²) in [5, 5.41) is 0. The average molecular weight is 427 g/mol. The Morgan fingerprint density at radius 3 is 2.30 bits per heavy atom. The Morgan fingerprint density at radius 1 is 1.09 bits per heavy atom. The molecule has 4 nitrogen and oxygen atoms in total. The summed E-state index contributed by atoms with van der Waals surface area (Å²) in [6.45, 7) is -0.0112. The van der Waals surface area contributed by atoms with Crippen molar-refractivity contribution in [1.82, 2.24) is 4.90 Å². The van der Waals surface area contributed by atoms with Gasteiger partial charge >= 0.3 is 5.97 Å². The predicted octanol–water partition coefficient (Wildman–Crippen LogP) is 3.25. The molecular formula is C17H15FINO3. The van der Waals surface area contributed by atoms with Crippen LogP contribution in [0.2, 0.25) is 0 Å². The van der Waals surface area contributed by atoms with E-state index < -0.39 is 5.97 Å². The molecule has 23 heavy (non-hydrogen) atoms. The van der Waals surface area contributed by atoms with Crippen molar-refractivity contribution in [2.45, 2.75) is 6.54 Å². The van der Waals surface area contributed by atoms with Gasteiger partial charge in [-0.1, -0.05) is 12.1 Å². The zero-order valence-corrected chi connectivity index (χ0v) is 14.6. The second-order valence-corrected chi connectivity index (χ2v) is 6.20. The van der Waals surface area contributed by atoms with E-state index in [9.17, 15) is 14.0 Å². The molecule has 0 saturated heterocycles. The minimum Gasteiger partial charge on any atom is -0.452 e. The molecule has 1 amide bonds. The zero-order valence-electron chi connectivity index (χ0n) is 12.5. The lowest BCUT2D eigenvalue weighted by atomic mass is 10.2. The third-order valence-electron chi connectivity index (χ3n) is 3.17. The van der Waals surface area contributed by atoms with Gasteiger partial charge in [-0.3, -0.25) is 4.79 Å². The maximum Gasteiger partial charge on any atom is 0.338 e. The summed E-state index contributed by atoms with van der Waals surface area (Å²) in [6.07, 6.45) is 0. The molecule has 0 atom stereocenters. The van der Waals surface area contributed by atoms with Gasteiger partial charge in [-0.15, -0.1) is 0 Å². The van der Waals surface area contributed by atoms with Gasteiger partial charge in [0.15, 0.2) is 6.61 Å². The van der Waals surface area contributed by atoms with Gasteiger partial charge < -0.3 is 9.64 Å². The van der Waals surface area contributed by atoms with E-state index in [1.165, 1.54) is 17.0 Å². The van der Waals surface area contributed by atoms with Crippen molar-refractivity contribution < 1.29 is 18.7 Å². The molecule has 0 aliphatic rings. The predicted molar refractivity (Wildman–Crippen MR) is 92.3 cm³/mol. The van der Waals surface area contributed by atoms with Crippen LogP contribution in [0.3, 0.4) is 0 Å². The van der Waals surface area contributed by atoms with Crippen LogP contribution in [0.5, 0.6) is 0 Å². The summed E-state index contributed by atoms with van der Waals surface area (Å²) in [6, 6.07) is 12.8. The number of carbonyl (C=O) groups excluding carboxylic acids is 2. The number of esters is 1. The fourth-order valence-electron chi connectivity index (χ4n) is 1.86. The molecule has 0 bridgehead atoms. The van der Waals surface area contributed by atoms with Crippen molar-refractivity contribution in [3.63, 3.8) is 0 Å². The van der Waals surface area contributed by atoms with E-state index in [0.717, 1.165) is 9.13 Å². The van der Waals surface area contributed by atoms with Crippen molar-refractivity contribution >= 4 is 34.5 Å². The number of likely N-dealkylation sites (N-methyl/N-ethyl adjacent to an activating group) is 1. The third kappa shape index (κ3) is 5.31. The smallest absolute Gasteiger partial charge is 0.338 e. The third-order valence-corrected chi connectivity index (χ3v) is 3.88. The molecule has 0 saturated carbocycles. The van der Waals surface area contributed by atoms with E-state index in [1.807, 2.05) is 0 Å². The first-order valence-corrected chi connectivity index (χ1v) is 7.94. The van der Waals surface area contributed by atoms with Gasteiger partial charge in [0.05, 0.1) is 5.56 Å². The first-order chi connectivity index (χ1) is 11.0. The Hall–Kier alpha value is -1.96. The highest BCUT2D eigenvalue weighted by molar-refractivity contribution is 14.1. The molecule has 2 aromatic rings. The number of rotatable bonds is 5. The molecule has 0 unspecified atom stereocenters. The number of hydrogen-bond donors (Lipinski definition) is 0. The monoisotopic (exact) mass is 427 g/mol. The van der Waals surface area contributed by atoms with Crippen LogP contribution in [-0.4, -0.2) is 30.4 Å². The van der Waals surface area contributed by atoms with Gasteiger partial charge in [0.2, 0.25) is 0 Å². The van der Waals surface area contributed by atoms with Crippen LogP contribution in [0.25, 0.3) is 0 Å². The highest BCUT2D eigenvalue weighted by Gasteiger charge is 2.13. The van der Waals surface area contributed by atoms with Crippen LogP contribution in [0.4, 0.5) is 4.39 Å². The summed E-state index contributed by atoms with van der Waals surface area (Å²) in [7, 11) is 1.60. The number of ether oxygens (including phenoxy) is 1. The lowest BCUT2D eigenvalue weighted by Crippen LogP contribution is -2.30. The normalized spacial score (nSPS) is 10.2. The van der Waals surface area contributed by atoms with E-state index >= 15 is 0 Å². The molecule has 0 fully saturated rings. The molecule has 0 heterocycles. The van der Waals surface area contributed by atoms with Crippen molar-refractivity contribution in [3.05, 3.63) is 69.0 Å². The number of carbonyl (C=O) groups is 2. The fourth-order valence-corrected chi connectivity index (χ4v) is 2.22. The summed E-state index contributed by atoms with van der Waals surface area (Å²) in [5.74, 6) is -1.19. The Labute approximate surface area is 147 Å². The second kappa shape index (κ2) is 8.05. The summed E-state index contributed by atoms with van der Waals surface area (Å²) < 4.78 is 18.9. The number of nitrogens with zero attached hydrogens (tertiary/aromatic N) is 1. The molecule has 6 heteroatoms. The molecule has 0 radical (unpaired) electrons. The molecule has 0 aliphatic carbocycles. The van der Waals surface area contributed by atoms with Crippen LogP contribution in [-0.2, 0) is 16.1 Å². The zero-order chi connectivity index (χ0) is 16.8. The quantitative estimate of drug-likeness (QED) is 0.544. The van der Waals surface area contributed by atoms with Crippen LogP contribution >= 0.6 is 22.6 Å². The van der Waals surface area contributed by atoms with Gasteiger partial charge in [-0.2, -0.15) is 0 Å². The molecule has 0 aromatic heterocycles. The van der Waals surface area contributed by atoms with Crippen molar-refractivity contribution in [2.75, 3.05) is 13.7 Å². The number of benzene rings is 2. The largest absolute Gasteiger partial charge is 0.452 e. The van der Waals surface area contributed by atoms with Crippen LogP contribution < -0.4 is 0 Å². The molecule has 120 valence electrons. The van der Waals surface area contributed by atoms with Crippen molar-refractivity contribution in [2.24, 2.45) is 0 Å². The van der Waals surface area contributed by atoms with Gasteiger partial charge in [-0.25, -0.2) is 9.18 Å². The molecule has 2 aromatic carbocycles. The van der Waals surface area contributed by atoms with Gasteiger partial charge in [0.1, 0.15) is 5.82 Å². The summed E-state index contributed by atoms with van der Waals surface area (Å²) in [5.41, 5.74) is 1.20.